The number of nitrogens with zero attached hydrogens (tertiary/aromatic N) is 2. The molecule has 0 aromatic carbocycles. The van der Waals surface area contributed by atoms with E-state index in [4.69, 9.17) is 4.74 Å². The van der Waals surface area contributed by atoms with Gasteiger partial charge in [0, 0.05) is 38.5 Å². The number of pyridine rings is 1. The molecule has 0 radical (unpaired) electrons. The van der Waals surface area contributed by atoms with E-state index in [2.05, 4.69) is 4.98 Å². The normalized spacial score (nSPS) is 19.7. The van der Waals surface area contributed by atoms with E-state index >= 15 is 0 Å². The third-order valence-electron chi connectivity index (χ3n) is 4.41. The van der Waals surface area contributed by atoms with Crippen LogP contribution in [-0.4, -0.2) is 41.6 Å². The number of piperidine rings is 1. The maximum Gasteiger partial charge on any atom is 0.222 e. The predicted octanol–water partition coefficient (Wildman–Crippen LogP) is 2.43. The lowest BCUT2D eigenvalue weighted by Gasteiger charge is -2.32. The van der Waals surface area contributed by atoms with Crippen molar-refractivity contribution in [1.29, 1.82) is 0 Å². The Morgan fingerprint density at radius 3 is 2.76 bits per heavy atom. The Hall–Kier alpha value is -1.42. The average Bonchev–Trinajstić information content (AvgIpc) is 3.36. The molecule has 2 heterocycles. The van der Waals surface area contributed by atoms with Gasteiger partial charge in [-0.1, -0.05) is 6.07 Å². The summed E-state index contributed by atoms with van der Waals surface area (Å²) in [5, 5.41) is 0. The van der Waals surface area contributed by atoms with Crippen LogP contribution >= 0.6 is 0 Å². The zero-order valence-corrected chi connectivity index (χ0v) is 12.5. The van der Waals surface area contributed by atoms with Crippen molar-refractivity contribution >= 4 is 5.91 Å². The van der Waals surface area contributed by atoms with E-state index < -0.39 is 0 Å². The molecule has 21 heavy (non-hydrogen) atoms. The average molecular weight is 288 g/mol. The fourth-order valence-corrected chi connectivity index (χ4v) is 2.78. The van der Waals surface area contributed by atoms with Gasteiger partial charge in [0.2, 0.25) is 5.91 Å². The van der Waals surface area contributed by atoms with Crippen LogP contribution in [0.15, 0.2) is 24.5 Å². The lowest BCUT2D eigenvalue weighted by atomic mass is 10.1. The molecular weight excluding hydrogens is 264 g/mol. The van der Waals surface area contributed by atoms with Crippen LogP contribution in [0.3, 0.4) is 0 Å². The molecule has 2 aliphatic rings. The van der Waals surface area contributed by atoms with Gasteiger partial charge in [0.1, 0.15) is 0 Å². The van der Waals surface area contributed by atoms with Crippen molar-refractivity contribution in [2.24, 2.45) is 5.92 Å². The minimum Gasteiger partial charge on any atom is -0.378 e. The third-order valence-corrected chi connectivity index (χ3v) is 4.41. The molecule has 0 unspecified atom stereocenters. The van der Waals surface area contributed by atoms with E-state index in [1.165, 1.54) is 12.8 Å². The second-order valence-electron chi connectivity index (χ2n) is 6.22. The van der Waals surface area contributed by atoms with Crippen LogP contribution < -0.4 is 0 Å². The first-order chi connectivity index (χ1) is 10.3. The third kappa shape index (κ3) is 4.53. The first-order valence-electron chi connectivity index (χ1n) is 8.09. The standard InChI is InChI=1S/C17H24N2O2/c20-17(6-5-14-2-1-9-18-12-14)19-10-7-16(8-11-19)21-13-15-3-4-15/h1-2,9,12,15-16H,3-8,10-11,13H2. The van der Waals surface area contributed by atoms with Crippen molar-refractivity contribution in [3.8, 4) is 0 Å². The Balaban J connectivity index is 1.36. The van der Waals surface area contributed by atoms with Gasteiger partial charge in [0.15, 0.2) is 0 Å². The molecule has 0 spiro atoms. The molecule has 0 atom stereocenters. The summed E-state index contributed by atoms with van der Waals surface area (Å²) in [7, 11) is 0. The number of hydrogen-bond acceptors (Lipinski definition) is 3. The molecule has 3 rings (SSSR count). The summed E-state index contributed by atoms with van der Waals surface area (Å²) < 4.78 is 5.92. The van der Waals surface area contributed by atoms with Crippen molar-refractivity contribution < 1.29 is 9.53 Å². The zero-order valence-electron chi connectivity index (χ0n) is 12.5. The van der Waals surface area contributed by atoms with Crippen LogP contribution in [0.5, 0.6) is 0 Å². The molecule has 0 bridgehead atoms. The van der Waals surface area contributed by atoms with Gasteiger partial charge in [-0.2, -0.15) is 0 Å². The Morgan fingerprint density at radius 2 is 2.10 bits per heavy atom. The highest BCUT2D eigenvalue weighted by atomic mass is 16.5. The second kappa shape index (κ2) is 7.03. The fourth-order valence-electron chi connectivity index (χ4n) is 2.78. The van der Waals surface area contributed by atoms with Gasteiger partial charge in [0.05, 0.1) is 6.10 Å². The maximum absolute atomic E-state index is 12.2. The molecule has 1 aromatic heterocycles. The number of carbonyl (C=O) groups excluding carboxylic acids is 1. The number of ether oxygens (including phenoxy) is 1. The van der Waals surface area contributed by atoms with Crippen LogP contribution in [0.2, 0.25) is 0 Å². The van der Waals surface area contributed by atoms with Gasteiger partial charge in [0.25, 0.3) is 0 Å². The molecule has 1 saturated heterocycles. The van der Waals surface area contributed by atoms with Crippen molar-refractivity contribution in [3.05, 3.63) is 30.1 Å². The lowest BCUT2D eigenvalue weighted by molar-refractivity contribution is -0.133. The second-order valence-corrected chi connectivity index (χ2v) is 6.22. The number of carbonyl (C=O) groups is 1. The summed E-state index contributed by atoms with van der Waals surface area (Å²) in [6.45, 7) is 2.63. The number of amides is 1. The highest BCUT2D eigenvalue weighted by Crippen LogP contribution is 2.30. The predicted molar refractivity (Wildman–Crippen MR) is 80.8 cm³/mol. The molecule has 114 valence electrons. The molecule has 1 amide bonds. The minimum atomic E-state index is 0.263. The first kappa shape index (κ1) is 14.5. The smallest absolute Gasteiger partial charge is 0.222 e. The summed E-state index contributed by atoms with van der Waals surface area (Å²) in [4.78, 5) is 18.3. The molecule has 2 fully saturated rings. The van der Waals surface area contributed by atoms with Gasteiger partial charge >= 0.3 is 0 Å². The van der Waals surface area contributed by atoms with Crippen LogP contribution in [0.1, 0.15) is 37.7 Å². The van der Waals surface area contributed by atoms with E-state index in [9.17, 15) is 4.79 Å². The topological polar surface area (TPSA) is 42.4 Å². The Labute approximate surface area is 126 Å². The number of rotatable bonds is 6. The van der Waals surface area contributed by atoms with E-state index in [1.54, 1.807) is 6.20 Å². The first-order valence-corrected chi connectivity index (χ1v) is 8.09. The summed E-state index contributed by atoms with van der Waals surface area (Å²) in [6, 6.07) is 3.95. The molecule has 0 N–H and O–H groups in total. The summed E-state index contributed by atoms with van der Waals surface area (Å²) in [5.74, 6) is 1.09. The summed E-state index contributed by atoms with van der Waals surface area (Å²) in [6.07, 6.45) is 9.99. The molecule has 1 saturated carbocycles. The van der Waals surface area contributed by atoms with E-state index in [1.807, 2.05) is 23.2 Å². The maximum atomic E-state index is 12.2. The Bertz CT molecular complexity index is 451. The quantitative estimate of drug-likeness (QED) is 0.807. The fraction of sp³-hybridized carbons (Fsp3) is 0.647. The largest absolute Gasteiger partial charge is 0.378 e. The SMILES string of the molecule is O=C(CCc1cccnc1)N1CCC(OCC2CC2)CC1. The van der Waals surface area contributed by atoms with Crippen molar-refractivity contribution in [2.75, 3.05) is 19.7 Å². The number of aryl methyl sites for hydroxylation is 1. The molecular formula is C17H24N2O2. The van der Waals surface area contributed by atoms with Crippen LogP contribution in [0, 0.1) is 5.92 Å². The van der Waals surface area contributed by atoms with Gasteiger partial charge < -0.3 is 9.64 Å². The molecule has 1 aromatic rings. The minimum absolute atomic E-state index is 0.263. The molecule has 4 heteroatoms. The van der Waals surface area contributed by atoms with E-state index in [0.717, 1.165) is 50.4 Å². The van der Waals surface area contributed by atoms with Gasteiger partial charge in [-0.3, -0.25) is 9.78 Å². The summed E-state index contributed by atoms with van der Waals surface area (Å²) in [5.41, 5.74) is 1.13. The van der Waals surface area contributed by atoms with Gasteiger partial charge in [-0.25, -0.2) is 0 Å². The zero-order chi connectivity index (χ0) is 14.5. The number of aromatic nitrogens is 1. The molecule has 1 aliphatic heterocycles. The van der Waals surface area contributed by atoms with Crippen LogP contribution in [0.4, 0.5) is 0 Å². The monoisotopic (exact) mass is 288 g/mol. The number of likely N-dealkylation sites (tertiary alicyclic amines) is 1. The van der Waals surface area contributed by atoms with E-state index in [-0.39, 0.29) is 5.91 Å². The van der Waals surface area contributed by atoms with Gasteiger partial charge in [-0.05, 0) is 49.7 Å². The highest BCUT2D eigenvalue weighted by Gasteiger charge is 2.26. The summed E-state index contributed by atoms with van der Waals surface area (Å²) >= 11 is 0. The van der Waals surface area contributed by atoms with Crippen LogP contribution in [-0.2, 0) is 16.0 Å². The van der Waals surface area contributed by atoms with E-state index in [0.29, 0.717) is 12.5 Å². The van der Waals surface area contributed by atoms with Crippen molar-refractivity contribution in [3.63, 3.8) is 0 Å². The molecule has 4 nitrogen and oxygen atoms in total. The Kier molecular flexibility index (Phi) is 4.86. The lowest BCUT2D eigenvalue weighted by Crippen LogP contribution is -2.41. The van der Waals surface area contributed by atoms with Crippen molar-refractivity contribution in [1.82, 2.24) is 9.88 Å². The highest BCUT2D eigenvalue weighted by molar-refractivity contribution is 5.76. The van der Waals surface area contributed by atoms with Crippen LogP contribution in [0.25, 0.3) is 0 Å². The van der Waals surface area contributed by atoms with Crippen molar-refractivity contribution in [2.45, 2.75) is 44.6 Å². The molecule has 1 aliphatic carbocycles. The van der Waals surface area contributed by atoms with Gasteiger partial charge in [-0.15, -0.1) is 0 Å². The number of hydrogen-bond donors (Lipinski definition) is 0. The Morgan fingerprint density at radius 1 is 1.29 bits per heavy atom.